The van der Waals surface area contributed by atoms with Crippen molar-refractivity contribution in [3.05, 3.63) is 58.6 Å². The van der Waals surface area contributed by atoms with Gasteiger partial charge in [-0.15, -0.1) is 0 Å². The zero-order valence-electron chi connectivity index (χ0n) is 17.9. The number of nitrogens with zero attached hydrogens (tertiary/aromatic N) is 2. The summed E-state index contributed by atoms with van der Waals surface area (Å²) in [5, 5.41) is 29.4. The van der Waals surface area contributed by atoms with Gasteiger partial charge in [-0.2, -0.15) is 0 Å². The lowest BCUT2D eigenvalue weighted by Crippen LogP contribution is -2.34. The molecule has 7 nitrogen and oxygen atoms in total. The van der Waals surface area contributed by atoms with E-state index >= 15 is 0 Å². The molecule has 0 saturated carbocycles. The fourth-order valence-corrected chi connectivity index (χ4v) is 4.64. The maximum Gasteiger partial charge on any atom is 0.249 e. The van der Waals surface area contributed by atoms with Gasteiger partial charge in [0, 0.05) is 6.54 Å². The predicted octanol–water partition coefficient (Wildman–Crippen LogP) is 3.33. The number of carbonyl (C=O) groups excluding carboxylic acids is 1. The lowest BCUT2D eigenvalue weighted by molar-refractivity contribution is -0.118. The number of halogens is 1. The number of rotatable bonds is 9. The van der Waals surface area contributed by atoms with Gasteiger partial charge in [0.1, 0.15) is 29.8 Å². The Morgan fingerprint density at radius 3 is 2.66 bits per heavy atom. The lowest BCUT2D eigenvalue weighted by atomic mass is 10.0. The average molecular weight is 479 g/mol. The highest BCUT2D eigenvalue weighted by Crippen LogP contribution is 2.40. The van der Waals surface area contributed by atoms with Crippen LogP contribution in [-0.4, -0.2) is 57.5 Å². The second-order valence-electron chi connectivity index (χ2n) is 7.44. The van der Waals surface area contributed by atoms with E-state index in [1.54, 1.807) is 23.1 Å². The van der Waals surface area contributed by atoms with Crippen molar-refractivity contribution in [1.82, 2.24) is 0 Å². The number of hydrogen-bond donors (Lipinski definition) is 3. The molecule has 1 amide bonds. The maximum absolute atomic E-state index is 13.4. The van der Waals surface area contributed by atoms with E-state index in [0.29, 0.717) is 23.0 Å². The van der Waals surface area contributed by atoms with Gasteiger partial charge in [0.15, 0.2) is 5.17 Å². The molecule has 0 spiro atoms. The van der Waals surface area contributed by atoms with Gasteiger partial charge in [-0.05, 0) is 42.7 Å². The number of carbonyl (C=O) groups is 1. The number of aliphatic hydroxyl groups excluding tert-OH is 3. The summed E-state index contributed by atoms with van der Waals surface area (Å²) in [4.78, 5) is 19.5. The van der Waals surface area contributed by atoms with Crippen LogP contribution < -0.4 is 9.64 Å². The van der Waals surface area contributed by atoms with E-state index in [-0.39, 0.29) is 17.5 Å². The summed E-state index contributed by atoms with van der Waals surface area (Å²) in [7, 11) is 0. The van der Waals surface area contributed by atoms with Gasteiger partial charge in [-0.3, -0.25) is 14.7 Å². The van der Waals surface area contributed by atoms with Crippen molar-refractivity contribution in [2.75, 3.05) is 24.7 Å². The molecule has 1 aliphatic rings. The molecule has 3 unspecified atom stereocenters. The van der Waals surface area contributed by atoms with Gasteiger partial charge >= 0.3 is 0 Å². The Hall–Kier alpha value is -2.10. The summed E-state index contributed by atoms with van der Waals surface area (Å²) in [5.41, 5.74) is 2.16. The van der Waals surface area contributed by atoms with Crippen molar-refractivity contribution in [1.29, 1.82) is 0 Å². The molecule has 172 valence electrons. The van der Waals surface area contributed by atoms with Gasteiger partial charge in [0.05, 0.1) is 17.3 Å². The summed E-state index contributed by atoms with van der Waals surface area (Å²) in [6, 6.07) is 12.3. The van der Waals surface area contributed by atoms with Crippen molar-refractivity contribution in [3.8, 4) is 5.75 Å². The Morgan fingerprint density at radius 1 is 1.25 bits per heavy atom. The number of hydrogen-bond acceptors (Lipinski definition) is 7. The smallest absolute Gasteiger partial charge is 0.249 e. The molecule has 2 aromatic carbocycles. The molecule has 1 saturated heterocycles. The number of anilines is 1. The Morgan fingerprint density at radius 2 is 2.00 bits per heavy atom. The summed E-state index contributed by atoms with van der Waals surface area (Å²) in [6.07, 6.45) is -1.28. The van der Waals surface area contributed by atoms with Crippen LogP contribution in [-0.2, 0) is 4.79 Å². The Balaban J connectivity index is 1.85. The van der Waals surface area contributed by atoms with Crippen LogP contribution in [0.3, 0.4) is 0 Å². The van der Waals surface area contributed by atoms with E-state index in [1.165, 1.54) is 11.8 Å². The standard InChI is InChI=1S/C23H27ClN2O5S/c1-3-10-25-23-26(18-7-5-4-6-14(18)2)22(30)21(32-23)20(29)15-8-9-19(17(24)11-15)31-13-16(28)12-27/h4-9,11,16,20-21,27-29H,3,10,12-13H2,1-2H3/b25-23-. The van der Waals surface area contributed by atoms with Crippen LogP contribution in [0.4, 0.5) is 5.69 Å². The maximum atomic E-state index is 13.4. The topological polar surface area (TPSA) is 103 Å². The van der Waals surface area contributed by atoms with Gasteiger partial charge in [-0.1, -0.05) is 54.6 Å². The fraction of sp³-hybridized carbons (Fsp3) is 0.391. The van der Waals surface area contributed by atoms with Crippen LogP contribution in [0.5, 0.6) is 5.75 Å². The first-order chi connectivity index (χ1) is 15.4. The average Bonchev–Trinajstić information content (AvgIpc) is 3.12. The highest BCUT2D eigenvalue weighted by atomic mass is 35.5. The van der Waals surface area contributed by atoms with E-state index in [2.05, 4.69) is 4.99 Å². The van der Waals surface area contributed by atoms with Crippen molar-refractivity contribution >= 4 is 40.1 Å². The normalized spacial score (nSPS) is 19.4. The number of amides is 1. The van der Waals surface area contributed by atoms with Gasteiger partial charge in [0.2, 0.25) is 5.91 Å². The molecule has 0 aliphatic carbocycles. The van der Waals surface area contributed by atoms with Crippen molar-refractivity contribution in [3.63, 3.8) is 0 Å². The van der Waals surface area contributed by atoms with E-state index in [9.17, 15) is 15.0 Å². The molecule has 0 bridgehead atoms. The SMILES string of the molecule is CCC/N=C1\SC(C(O)c2ccc(OCC(O)CO)c(Cl)c2)C(=O)N1c1ccccc1C. The molecule has 1 aliphatic heterocycles. The molecular weight excluding hydrogens is 452 g/mol. The van der Waals surface area contributed by atoms with Crippen LogP contribution in [0.1, 0.15) is 30.6 Å². The molecule has 1 heterocycles. The van der Waals surface area contributed by atoms with E-state index in [4.69, 9.17) is 21.4 Å². The first-order valence-electron chi connectivity index (χ1n) is 10.4. The van der Waals surface area contributed by atoms with Crippen molar-refractivity contribution < 1.29 is 24.9 Å². The predicted molar refractivity (Wildman–Crippen MR) is 128 cm³/mol. The monoisotopic (exact) mass is 478 g/mol. The minimum atomic E-state index is -1.11. The zero-order valence-corrected chi connectivity index (χ0v) is 19.5. The first kappa shape index (κ1) is 24.5. The number of para-hydroxylation sites is 1. The number of amidine groups is 1. The van der Waals surface area contributed by atoms with Crippen LogP contribution >= 0.6 is 23.4 Å². The lowest BCUT2D eigenvalue weighted by Gasteiger charge is -2.20. The molecule has 3 N–H and O–H groups in total. The molecule has 0 radical (unpaired) electrons. The minimum absolute atomic E-state index is 0.113. The van der Waals surface area contributed by atoms with Crippen LogP contribution in [0.15, 0.2) is 47.5 Å². The number of aliphatic hydroxyl groups is 3. The van der Waals surface area contributed by atoms with Crippen LogP contribution in [0, 0.1) is 6.92 Å². The largest absolute Gasteiger partial charge is 0.489 e. The third-order valence-electron chi connectivity index (χ3n) is 4.94. The fourth-order valence-electron chi connectivity index (χ4n) is 3.22. The first-order valence-corrected chi connectivity index (χ1v) is 11.6. The molecule has 3 atom stereocenters. The van der Waals surface area contributed by atoms with E-state index in [0.717, 1.165) is 17.7 Å². The third-order valence-corrected chi connectivity index (χ3v) is 6.47. The third kappa shape index (κ3) is 5.44. The molecule has 2 aromatic rings. The highest BCUT2D eigenvalue weighted by Gasteiger charge is 2.43. The molecule has 0 aromatic heterocycles. The van der Waals surface area contributed by atoms with E-state index < -0.39 is 24.1 Å². The Labute approximate surface area is 196 Å². The highest BCUT2D eigenvalue weighted by molar-refractivity contribution is 8.16. The molecule has 1 fully saturated rings. The molecule has 32 heavy (non-hydrogen) atoms. The number of benzene rings is 2. The number of ether oxygens (including phenoxy) is 1. The van der Waals surface area contributed by atoms with Crippen LogP contribution in [0.2, 0.25) is 5.02 Å². The summed E-state index contributed by atoms with van der Waals surface area (Å²) in [6.45, 7) is 3.99. The van der Waals surface area contributed by atoms with Crippen molar-refractivity contribution in [2.45, 2.75) is 37.7 Å². The quantitative estimate of drug-likeness (QED) is 0.511. The summed E-state index contributed by atoms with van der Waals surface area (Å²) in [5.74, 6) is 0.0708. The zero-order chi connectivity index (χ0) is 23.3. The van der Waals surface area contributed by atoms with Gasteiger partial charge in [-0.25, -0.2) is 0 Å². The van der Waals surface area contributed by atoms with Crippen LogP contribution in [0.25, 0.3) is 0 Å². The van der Waals surface area contributed by atoms with E-state index in [1.807, 2.05) is 38.1 Å². The second kappa shape index (κ2) is 11.2. The van der Waals surface area contributed by atoms with Gasteiger partial charge in [0.25, 0.3) is 0 Å². The second-order valence-corrected chi connectivity index (χ2v) is 8.96. The summed E-state index contributed by atoms with van der Waals surface area (Å²) < 4.78 is 5.40. The molecule has 9 heteroatoms. The minimum Gasteiger partial charge on any atom is -0.489 e. The Kier molecular flexibility index (Phi) is 8.56. The number of aryl methyl sites for hydroxylation is 1. The number of aliphatic imine (C=N–C) groups is 1. The molecule has 3 rings (SSSR count). The van der Waals surface area contributed by atoms with Crippen molar-refractivity contribution in [2.24, 2.45) is 4.99 Å². The number of thioether (sulfide) groups is 1. The Bertz CT molecular complexity index is 987. The molecular formula is C23H27ClN2O5S. The van der Waals surface area contributed by atoms with Gasteiger partial charge < -0.3 is 20.1 Å². The summed E-state index contributed by atoms with van der Waals surface area (Å²) >= 11 is 7.52.